The summed E-state index contributed by atoms with van der Waals surface area (Å²) in [4.78, 5) is 17.1. The van der Waals surface area contributed by atoms with Crippen molar-refractivity contribution in [3.05, 3.63) is 66.5 Å². The molecule has 7 nitrogen and oxygen atoms in total. The molecule has 7 heteroatoms. The Hall–Kier alpha value is -3.32. The molecule has 1 aliphatic rings. The molecular weight excluding hydrogens is 442 g/mol. The Kier molecular flexibility index (Phi) is 8.79. The fourth-order valence-corrected chi connectivity index (χ4v) is 4.44. The Bertz CT molecular complexity index is 1130. The molecule has 3 aromatic rings. The lowest BCUT2D eigenvalue weighted by molar-refractivity contribution is -0.130. The van der Waals surface area contributed by atoms with Crippen molar-refractivity contribution in [1.82, 2.24) is 14.9 Å². The molecule has 1 amide bonds. The number of fused-ring (bicyclic) bond motifs is 1. The first kappa shape index (κ1) is 24.8. The van der Waals surface area contributed by atoms with Crippen LogP contribution in [0.15, 0.2) is 55.1 Å². The number of carbonyl (C=O) groups is 1. The molecule has 1 unspecified atom stereocenters. The lowest BCUT2D eigenvalue weighted by atomic mass is 10.1. The fourth-order valence-electron chi connectivity index (χ4n) is 4.44. The number of aryl methyl sites for hydroxylation is 1. The maximum absolute atomic E-state index is 12.3. The Morgan fingerprint density at radius 1 is 1.26 bits per heavy atom. The number of imidazole rings is 1. The van der Waals surface area contributed by atoms with Crippen molar-refractivity contribution in [3.63, 3.8) is 0 Å². The van der Waals surface area contributed by atoms with E-state index in [0.29, 0.717) is 26.2 Å². The van der Waals surface area contributed by atoms with Crippen LogP contribution < -0.4 is 14.8 Å². The number of carbonyl (C=O) groups excluding carboxylic acids is 1. The summed E-state index contributed by atoms with van der Waals surface area (Å²) in [5, 5.41) is 3.01. The van der Waals surface area contributed by atoms with Gasteiger partial charge in [-0.25, -0.2) is 4.98 Å². The van der Waals surface area contributed by atoms with Gasteiger partial charge in [-0.2, -0.15) is 0 Å². The van der Waals surface area contributed by atoms with E-state index in [1.165, 1.54) is 0 Å². The minimum Gasteiger partial charge on any atom is -0.493 e. The van der Waals surface area contributed by atoms with Crippen LogP contribution in [-0.2, 0) is 28.9 Å². The summed E-state index contributed by atoms with van der Waals surface area (Å²) in [7, 11) is 1.66. The van der Waals surface area contributed by atoms with Crippen LogP contribution in [0.4, 0.5) is 0 Å². The molecule has 1 N–H and O–H groups in total. The van der Waals surface area contributed by atoms with Gasteiger partial charge in [-0.3, -0.25) is 4.79 Å². The molecule has 4 rings (SSSR count). The molecule has 0 bridgehead atoms. The molecule has 1 atom stereocenters. The molecule has 186 valence electrons. The highest BCUT2D eigenvalue weighted by atomic mass is 16.5. The molecule has 2 heterocycles. The van der Waals surface area contributed by atoms with Gasteiger partial charge in [0.2, 0.25) is 5.91 Å². The third kappa shape index (κ3) is 6.42. The third-order valence-electron chi connectivity index (χ3n) is 6.25. The van der Waals surface area contributed by atoms with Crippen LogP contribution >= 0.6 is 0 Å². The summed E-state index contributed by atoms with van der Waals surface area (Å²) in [5.41, 5.74) is 3.25. The smallest absolute Gasteiger partial charge is 0.249 e. The number of hydrogen-bond acceptors (Lipinski definition) is 5. The summed E-state index contributed by atoms with van der Waals surface area (Å²) in [6.45, 7) is 6.46. The minimum atomic E-state index is -0.300. The zero-order valence-corrected chi connectivity index (χ0v) is 20.5. The van der Waals surface area contributed by atoms with Crippen LogP contribution in [0.1, 0.15) is 37.1 Å². The van der Waals surface area contributed by atoms with Gasteiger partial charge in [0, 0.05) is 26.1 Å². The number of amides is 1. The number of nitrogens with zero attached hydrogens (tertiary/aromatic N) is 2. The second kappa shape index (κ2) is 12.4. The van der Waals surface area contributed by atoms with Gasteiger partial charge in [0.25, 0.3) is 0 Å². The molecule has 1 saturated heterocycles. The van der Waals surface area contributed by atoms with Gasteiger partial charge in [-0.15, -0.1) is 6.58 Å². The Morgan fingerprint density at radius 3 is 2.94 bits per heavy atom. The average Bonchev–Trinajstić information content (AvgIpc) is 3.53. The Labute approximate surface area is 207 Å². The molecule has 0 aliphatic carbocycles. The number of allylic oxidation sites excluding steroid dienone is 1. The quantitative estimate of drug-likeness (QED) is 0.290. The SMILES string of the molecule is C=CCc1ccc(OCCCCn2c(CCNC(=O)C3CCCO3)nc3ccccc32)c(OC)c1. The largest absolute Gasteiger partial charge is 0.493 e. The maximum Gasteiger partial charge on any atom is 0.249 e. The summed E-state index contributed by atoms with van der Waals surface area (Å²) in [6, 6.07) is 14.2. The van der Waals surface area contributed by atoms with Gasteiger partial charge < -0.3 is 24.1 Å². The number of rotatable bonds is 13. The first-order chi connectivity index (χ1) is 17.2. The summed E-state index contributed by atoms with van der Waals surface area (Å²) in [6.07, 6.45) is 6.66. The maximum atomic E-state index is 12.3. The van der Waals surface area contributed by atoms with E-state index < -0.39 is 0 Å². The second-order valence-corrected chi connectivity index (χ2v) is 8.74. The van der Waals surface area contributed by atoms with E-state index in [2.05, 4.69) is 22.5 Å². The molecule has 2 aromatic carbocycles. The fraction of sp³-hybridized carbons (Fsp3) is 0.429. The van der Waals surface area contributed by atoms with Crippen molar-refractivity contribution in [3.8, 4) is 11.5 Å². The Balaban J connectivity index is 1.30. The van der Waals surface area contributed by atoms with Crippen molar-refractivity contribution in [2.75, 3.05) is 26.9 Å². The van der Waals surface area contributed by atoms with Crippen LogP contribution in [0, 0.1) is 0 Å². The lowest BCUT2D eigenvalue weighted by Gasteiger charge is -2.13. The zero-order chi connectivity index (χ0) is 24.5. The molecule has 0 spiro atoms. The lowest BCUT2D eigenvalue weighted by Crippen LogP contribution is -2.35. The molecule has 0 radical (unpaired) electrons. The van der Waals surface area contributed by atoms with E-state index in [9.17, 15) is 4.79 Å². The predicted octanol–water partition coefficient (Wildman–Crippen LogP) is 4.47. The van der Waals surface area contributed by atoms with Crippen molar-refractivity contribution in [2.24, 2.45) is 0 Å². The minimum absolute atomic E-state index is 0.0183. The number of hydrogen-bond donors (Lipinski definition) is 1. The van der Waals surface area contributed by atoms with Gasteiger partial charge in [0.05, 0.1) is 24.8 Å². The third-order valence-corrected chi connectivity index (χ3v) is 6.25. The van der Waals surface area contributed by atoms with Gasteiger partial charge in [-0.05, 0) is 61.9 Å². The van der Waals surface area contributed by atoms with Gasteiger partial charge in [0.15, 0.2) is 11.5 Å². The van der Waals surface area contributed by atoms with Crippen LogP contribution in [0.3, 0.4) is 0 Å². The summed E-state index contributed by atoms with van der Waals surface area (Å²) in [5.74, 6) is 2.47. The van der Waals surface area contributed by atoms with Crippen molar-refractivity contribution < 1.29 is 19.0 Å². The van der Waals surface area contributed by atoms with Crippen LogP contribution in [-0.4, -0.2) is 48.4 Å². The highest BCUT2D eigenvalue weighted by Gasteiger charge is 2.23. The van der Waals surface area contributed by atoms with Crippen molar-refractivity contribution in [1.29, 1.82) is 0 Å². The Morgan fingerprint density at radius 2 is 2.14 bits per heavy atom. The average molecular weight is 478 g/mol. The summed E-state index contributed by atoms with van der Waals surface area (Å²) < 4.78 is 19.2. The van der Waals surface area contributed by atoms with Crippen molar-refractivity contribution in [2.45, 2.75) is 51.2 Å². The molecule has 1 aromatic heterocycles. The van der Waals surface area contributed by atoms with Crippen LogP contribution in [0.5, 0.6) is 11.5 Å². The van der Waals surface area contributed by atoms with Crippen molar-refractivity contribution >= 4 is 16.9 Å². The highest BCUT2D eigenvalue weighted by molar-refractivity contribution is 5.81. The van der Waals surface area contributed by atoms with E-state index in [1.807, 2.05) is 42.5 Å². The topological polar surface area (TPSA) is 74.6 Å². The number of aromatic nitrogens is 2. The number of ether oxygens (including phenoxy) is 3. The summed E-state index contributed by atoms with van der Waals surface area (Å²) >= 11 is 0. The normalized spacial score (nSPS) is 15.3. The van der Waals surface area contributed by atoms with Gasteiger partial charge in [0.1, 0.15) is 11.9 Å². The monoisotopic (exact) mass is 477 g/mol. The van der Waals surface area contributed by atoms with E-state index in [4.69, 9.17) is 19.2 Å². The first-order valence-electron chi connectivity index (χ1n) is 12.4. The van der Waals surface area contributed by atoms with Gasteiger partial charge in [-0.1, -0.05) is 24.3 Å². The number of para-hydroxylation sites is 2. The molecular formula is C28H35N3O4. The first-order valence-corrected chi connectivity index (χ1v) is 12.4. The van der Waals surface area contributed by atoms with Crippen LogP contribution in [0.25, 0.3) is 11.0 Å². The molecule has 1 fully saturated rings. The standard InChI is InChI=1S/C28H35N3O4/c1-3-9-21-13-14-24(26(20-21)33-2)34-18-7-6-17-31-23-11-5-4-10-22(23)30-27(31)15-16-29-28(32)25-12-8-19-35-25/h3-5,10-11,13-14,20,25H,1,6-9,12,15-19H2,2H3,(H,29,32). The van der Waals surface area contributed by atoms with E-state index >= 15 is 0 Å². The predicted molar refractivity (Wildman–Crippen MR) is 137 cm³/mol. The van der Waals surface area contributed by atoms with Crippen LogP contribution in [0.2, 0.25) is 0 Å². The van der Waals surface area contributed by atoms with E-state index in [-0.39, 0.29) is 12.0 Å². The van der Waals surface area contributed by atoms with E-state index in [1.54, 1.807) is 7.11 Å². The second-order valence-electron chi connectivity index (χ2n) is 8.74. The number of unbranched alkanes of at least 4 members (excludes halogenated alkanes) is 1. The molecule has 1 aliphatic heterocycles. The highest BCUT2D eigenvalue weighted by Crippen LogP contribution is 2.28. The van der Waals surface area contributed by atoms with E-state index in [0.717, 1.165) is 72.6 Å². The zero-order valence-electron chi connectivity index (χ0n) is 20.5. The number of benzene rings is 2. The number of nitrogens with one attached hydrogen (secondary N) is 1. The van der Waals surface area contributed by atoms with Gasteiger partial charge >= 0.3 is 0 Å². The number of methoxy groups -OCH3 is 1. The molecule has 0 saturated carbocycles. The molecule has 35 heavy (non-hydrogen) atoms.